The fourth-order valence-corrected chi connectivity index (χ4v) is 5.64. The topological polar surface area (TPSA) is 106 Å². The smallest absolute Gasteiger partial charge is 0.338 e. The molecule has 1 aliphatic rings. The van der Waals surface area contributed by atoms with Crippen LogP contribution in [-0.2, 0) is 19.6 Å². The number of aromatic nitrogens is 1. The standard InChI is InChI=1S/C24H25N3O5S/c1-2-32-24(29)18-10-12-20(13-11-18)26-23(28)19-8-5-15-27(16-19)33(30,31)21-9-3-6-17-7-4-14-25-22(17)21/h3-4,6-7,9-14,19H,2,5,8,15-16H2,1H3,(H,26,28)/t19-/m0/s1. The van der Waals surface area contributed by atoms with E-state index in [1.54, 1.807) is 55.6 Å². The van der Waals surface area contributed by atoms with Gasteiger partial charge in [0.25, 0.3) is 0 Å². The molecule has 0 bridgehead atoms. The molecule has 9 heteroatoms. The SMILES string of the molecule is CCOC(=O)c1ccc(NC(=O)[C@H]2CCCN(S(=O)(=O)c3cccc4cccnc34)C2)cc1. The Morgan fingerprint density at radius 3 is 2.64 bits per heavy atom. The van der Waals surface area contributed by atoms with Crippen molar-refractivity contribution in [3.63, 3.8) is 0 Å². The summed E-state index contributed by atoms with van der Waals surface area (Å²) in [5.41, 5.74) is 1.35. The van der Waals surface area contributed by atoms with Gasteiger partial charge in [0, 0.05) is 30.4 Å². The quantitative estimate of drug-likeness (QED) is 0.557. The molecule has 172 valence electrons. The van der Waals surface area contributed by atoms with E-state index in [0.29, 0.717) is 36.2 Å². The third-order valence-corrected chi connectivity index (χ3v) is 7.53. The van der Waals surface area contributed by atoms with E-state index in [2.05, 4.69) is 10.3 Å². The van der Waals surface area contributed by atoms with E-state index in [0.717, 1.165) is 5.39 Å². The van der Waals surface area contributed by atoms with E-state index in [1.165, 1.54) is 4.31 Å². The summed E-state index contributed by atoms with van der Waals surface area (Å²) >= 11 is 0. The van der Waals surface area contributed by atoms with Gasteiger partial charge in [-0.2, -0.15) is 4.31 Å². The number of fused-ring (bicyclic) bond motifs is 1. The van der Waals surface area contributed by atoms with Gasteiger partial charge in [-0.05, 0) is 56.2 Å². The molecule has 0 unspecified atom stereocenters. The first-order valence-corrected chi connectivity index (χ1v) is 12.3. The lowest BCUT2D eigenvalue weighted by atomic mass is 9.98. The molecule has 1 aromatic heterocycles. The van der Waals surface area contributed by atoms with Crippen molar-refractivity contribution in [3.05, 3.63) is 66.4 Å². The van der Waals surface area contributed by atoms with E-state index in [1.807, 2.05) is 12.1 Å². The Kier molecular flexibility index (Phi) is 6.71. The van der Waals surface area contributed by atoms with Crippen LogP contribution in [0.15, 0.2) is 65.7 Å². The Morgan fingerprint density at radius 1 is 1.12 bits per heavy atom. The van der Waals surface area contributed by atoms with Gasteiger partial charge >= 0.3 is 5.97 Å². The number of anilines is 1. The predicted molar refractivity (Wildman–Crippen MR) is 124 cm³/mol. The van der Waals surface area contributed by atoms with Crippen LogP contribution in [0, 0.1) is 5.92 Å². The molecule has 0 saturated carbocycles. The van der Waals surface area contributed by atoms with Crippen molar-refractivity contribution in [1.82, 2.24) is 9.29 Å². The van der Waals surface area contributed by atoms with Crippen molar-refractivity contribution in [1.29, 1.82) is 0 Å². The van der Waals surface area contributed by atoms with Crippen molar-refractivity contribution >= 4 is 38.5 Å². The number of pyridine rings is 1. The summed E-state index contributed by atoms with van der Waals surface area (Å²) in [4.78, 5) is 29.1. The number of hydrogen-bond acceptors (Lipinski definition) is 6. The number of sulfonamides is 1. The number of nitrogens with zero attached hydrogens (tertiary/aromatic N) is 2. The van der Waals surface area contributed by atoms with E-state index >= 15 is 0 Å². The third kappa shape index (κ3) is 4.89. The molecule has 0 spiro atoms. The molecule has 1 aliphatic heterocycles. The van der Waals surface area contributed by atoms with Crippen molar-refractivity contribution < 1.29 is 22.7 Å². The molecule has 33 heavy (non-hydrogen) atoms. The first-order valence-electron chi connectivity index (χ1n) is 10.8. The van der Waals surface area contributed by atoms with E-state index in [-0.39, 0.29) is 24.0 Å². The minimum absolute atomic E-state index is 0.0955. The number of hydrogen-bond donors (Lipinski definition) is 1. The van der Waals surface area contributed by atoms with Gasteiger partial charge in [0.15, 0.2) is 0 Å². The highest BCUT2D eigenvalue weighted by atomic mass is 32.2. The highest BCUT2D eigenvalue weighted by Crippen LogP contribution is 2.28. The second kappa shape index (κ2) is 9.68. The number of piperidine rings is 1. The van der Waals surface area contributed by atoms with Crippen LogP contribution in [0.4, 0.5) is 5.69 Å². The van der Waals surface area contributed by atoms with E-state index in [9.17, 15) is 18.0 Å². The summed E-state index contributed by atoms with van der Waals surface area (Å²) in [6, 6.07) is 15.1. The van der Waals surface area contributed by atoms with Crippen LogP contribution < -0.4 is 5.32 Å². The number of nitrogens with one attached hydrogen (secondary N) is 1. The van der Waals surface area contributed by atoms with E-state index < -0.39 is 21.9 Å². The van der Waals surface area contributed by atoms with Gasteiger partial charge in [0.1, 0.15) is 4.90 Å². The molecule has 0 aliphatic carbocycles. The molecule has 3 aromatic rings. The minimum Gasteiger partial charge on any atom is -0.462 e. The number of rotatable bonds is 6. The summed E-state index contributed by atoms with van der Waals surface area (Å²) < 4.78 is 33.1. The zero-order valence-corrected chi connectivity index (χ0v) is 19.0. The molecule has 2 heterocycles. The number of ether oxygens (including phenoxy) is 1. The second-order valence-corrected chi connectivity index (χ2v) is 9.73. The van der Waals surface area contributed by atoms with E-state index in [4.69, 9.17) is 4.74 Å². The molecule has 1 atom stereocenters. The van der Waals surface area contributed by atoms with Gasteiger partial charge in [-0.15, -0.1) is 0 Å². The summed E-state index contributed by atoms with van der Waals surface area (Å²) in [5.74, 6) is -1.16. The Morgan fingerprint density at radius 2 is 1.88 bits per heavy atom. The lowest BCUT2D eigenvalue weighted by Gasteiger charge is -2.31. The Labute approximate surface area is 192 Å². The fourth-order valence-electron chi connectivity index (χ4n) is 3.95. The third-order valence-electron chi connectivity index (χ3n) is 5.63. The Hall–Kier alpha value is -3.30. The van der Waals surface area contributed by atoms with Crippen molar-refractivity contribution in [2.24, 2.45) is 5.92 Å². The Balaban J connectivity index is 1.48. The predicted octanol–water partition coefficient (Wildman–Crippen LogP) is 3.45. The highest BCUT2D eigenvalue weighted by Gasteiger charge is 2.34. The second-order valence-electron chi connectivity index (χ2n) is 7.82. The average Bonchev–Trinajstić information content (AvgIpc) is 2.84. The van der Waals surface area contributed by atoms with Crippen molar-refractivity contribution in [2.45, 2.75) is 24.7 Å². The van der Waals surface area contributed by atoms with Crippen LogP contribution in [0.25, 0.3) is 10.9 Å². The summed E-state index contributed by atoms with van der Waals surface area (Å²) in [7, 11) is -3.81. The highest BCUT2D eigenvalue weighted by molar-refractivity contribution is 7.89. The first-order chi connectivity index (χ1) is 15.9. The Bertz CT molecular complexity index is 1270. The average molecular weight is 468 g/mol. The number of amides is 1. The number of para-hydroxylation sites is 1. The molecule has 2 aromatic carbocycles. The van der Waals surface area contributed by atoms with Gasteiger partial charge in [-0.25, -0.2) is 13.2 Å². The summed E-state index contributed by atoms with van der Waals surface area (Å²) in [5, 5.41) is 3.57. The lowest BCUT2D eigenvalue weighted by molar-refractivity contribution is -0.120. The molecule has 1 amide bonds. The minimum atomic E-state index is -3.81. The maximum atomic E-state index is 13.4. The number of esters is 1. The lowest BCUT2D eigenvalue weighted by Crippen LogP contribution is -2.43. The number of carbonyl (C=O) groups is 2. The maximum Gasteiger partial charge on any atom is 0.338 e. The van der Waals surface area contributed by atoms with Gasteiger partial charge < -0.3 is 10.1 Å². The summed E-state index contributed by atoms with van der Waals surface area (Å²) in [6.45, 7) is 2.46. The van der Waals surface area contributed by atoms with Gasteiger partial charge in [0.05, 0.1) is 23.6 Å². The van der Waals surface area contributed by atoms with Crippen LogP contribution in [0.1, 0.15) is 30.1 Å². The monoisotopic (exact) mass is 467 g/mol. The molecule has 4 rings (SSSR count). The number of carbonyl (C=O) groups excluding carboxylic acids is 2. The van der Waals surface area contributed by atoms with Gasteiger partial charge in [0.2, 0.25) is 15.9 Å². The van der Waals surface area contributed by atoms with Gasteiger partial charge in [-0.1, -0.05) is 18.2 Å². The van der Waals surface area contributed by atoms with Gasteiger partial charge in [-0.3, -0.25) is 9.78 Å². The molecule has 1 fully saturated rings. The van der Waals surface area contributed by atoms with Crippen molar-refractivity contribution in [3.8, 4) is 0 Å². The zero-order valence-electron chi connectivity index (χ0n) is 18.2. The molecular weight excluding hydrogens is 442 g/mol. The van der Waals surface area contributed by atoms with Crippen LogP contribution in [0.2, 0.25) is 0 Å². The molecule has 0 radical (unpaired) electrons. The summed E-state index contributed by atoms with van der Waals surface area (Å²) in [6.07, 6.45) is 2.74. The number of benzene rings is 2. The molecule has 8 nitrogen and oxygen atoms in total. The van der Waals surface area contributed by atoms with Crippen LogP contribution >= 0.6 is 0 Å². The fraction of sp³-hybridized carbons (Fsp3) is 0.292. The molecular formula is C24H25N3O5S. The molecule has 1 saturated heterocycles. The largest absolute Gasteiger partial charge is 0.462 e. The van der Waals surface area contributed by atoms with Crippen LogP contribution in [0.3, 0.4) is 0 Å². The first kappa shape index (κ1) is 22.9. The zero-order chi connectivity index (χ0) is 23.4. The maximum absolute atomic E-state index is 13.4. The van der Waals surface area contributed by atoms with Crippen molar-refractivity contribution in [2.75, 3.05) is 25.0 Å². The normalized spacial score (nSPS) is 16.9. The molecule has 1 N–H and O–H groups in total. The van der Waals surface area contributed by atoms with Crippen LogP contribution in [0.5, 0.6) is 0 Å². The van der Waals surface area contributed by atoms with Crippen LogP contribution in [-0.4, -0.2) is 49.3 Å².